The van der Waals surface area contributed by atoms with Gasteiger partial charge in [0.2, 0.25) is 0 Å². The van der Waals surface area contributed by atoms with Crippen LogP contribution >= 0.6 is 11.3 Å². The number of rotatable bonds is 4. The van der Waals surface area contributed by atoms with Gasteiger partial charge in [0.1, 0.15) is 0 Å². The molecule has 2 N–H and O–H groups in total. The van der Waals surface area contributed by atoms with Gasteiger partial charge in [-0.3, -0.25) is 4.90 Å². The Morgan fingerprint density at radius 3 is 3.20 bits per heavy atom. The number of nitrogens with two attached hydrogens (primary N) is 1. The third kappa shape index (κ3) is 2.95. The molecule has 0 spiro atoms. The van der Waals surface area contributed by atoms with E-state index in [1.165, 1.54) is 19.3 Å². The standard InChI is InChI=1S/C15H21N3OS/c1-11(16)13-5-2-3-7-18(13)10-12-9-14(19-17-12)15-6-4-8-20-15/h4,6,8-9,11,13H,2-3,5,7,10,16H2,1H3. The van der Waals surface area contributed by atoms with Gasteiger partial charge in [0.25, 0.3) is 0 Å². The molecule has 2 unspecified atom stereocenters. The van der Waals surface area contributed by atoms with Gasteiger partial charge in [0, 0.05) is 24.7 Å². The molecule has 5 heteroatoms. The smallest absolute Gasteiger partial charge is 0.177 e. The molecule has 0 bridgehead atoms. The molecule has 1 saturated heterocycles. The molecule has 20 heavy (non-hydrogen) atoms. The van der Waals surface area contributed by atoms with Crippen LogP contribution in [-0.4, -0.2) is 28.7 Å². The minimum Gasteiger partial charge on any atom is -0.355 e. The van der Waals surface area contributed by atoms with Crippen LogP contribution in [0.1, 0.15) is 31.9 Å². The molecule has 108 valence electrons. The second kappa shape index (κ2) is 6.08. The summed E-state index contributed by atoms with van der Waals surface area (Å²) in [6.45, 7) is 4.04. The van der Waals surface area contributed by atoms with Crippen molar-refractivity contribution in [3.63, 3.8) is 0 Å². The first-order valence-corrected chi connectivity index (χ1v) is 8.11. The van der Waals surface area contributed by atoms with Crippen LogP contribution in [0.3, 0.4) is 0 Å². The minimum absolute atomic E-state index is 0.207. The van der Waals surface area contributed by atoms with E-state index < -0.39 is 0 Å². The predicted molar refractivity (Wildman–Crippen MR) is 81.5 cm³/mol. The molecule has 0 aromatic carbocycles. The van der Waals surface area contributed by atoms with Gasteiger partial charge in [-0.1, -0.05) is 17.6 Å². The molecule has 1 aliphatic rings. The predicted octanol–water partition coefficient (Wildman–Crippen LogP) is 3.10. The van der Waals surface area contributed by atoms with E-state index in [0.717, 1.165) is 29.4 Å². The van der Waals surface area contributed by atoms with Gasteiger partial charge >= 0.3 is 0 Å². The zero-order valence-corrected chi connectivity index (χ0v) is 12.6. The molecule has 0 aliphatic carbocycles. The van der Waals surface area contributed by atoms with Crippen molar-refractivity contribution in [2.45, 2.75) is 44.8 Å². The Morgan fingerprint density at radius 1 is 1.55 bits per heavy atom. The molecule has 2 atom stereocenters. The monoisotopic (exact) mass is 291 g/mol. The van der Waals surface area contributed by atoms with Crippen molar-refractivity contribution >= 4 is 11.3 Å². The summed E-state index contributed by atoms with van der Waals surface area (Å²) in [6.07, 6.45) is 3.72. The highest BCUT2D eigenvalue weighted by Gasteiger charge is 2.26. The van der Waals surface area contributed by atoms with Gasteiger partial charge < -0.3 is 10.3 Å². The van der Waals surface area contributed by atoms with E-state index in [1.807, 2.05) is 11.4 Å². The summed E-state index contributed by atoms with van der Waals surface area (Å²) in [4.78, 5) is 3.58. The summed E-state index contributed by atoms with van der Waals surface area (Å²) in [6, 6.07) is 6.81. The fourth-order valence-electron chi connectivity index (χ4n) is 2.94. The molecular formula is C15H21N3OS. The molecule has 0 saturated carbocycles. The van der Waals surface area contributed by atoms with Crippen molar-refractivity contribution in [3.05, 3.63) is 29.3 Å². The Balaban J connectivity index is 1.71. The average molecular weight is 291 g/mol. The Labute approximate surface area is 123 Å². The van der Waals surface area contributed by atoms with Crippen molar-refractivity contribution in [2.24, 2.45) is 5.73 Å². The minimum atomic E-state index is 0.207. The largest absolute Gasteiger partial charge is 0.355 e. The highest BCUT2D eigenvalue weighted by molar-refractivity contribution is 7.13. The van der Waals surface area contributed by atoms with Crippen LogP contribution in [0.5, 0.6) is 0 Å². The molecule has 2 aromatic rings. The topological polar surface area (TPSA) is 55.3 Å². The van der Waals surface area contributed by atoms with Crippen molar-refractivity contribution in [2.75, 3.05) is 6.54 Å². The Morgan fingerprint density at radius 2 is 2.45 bits per heavy atom. The van der Waals surface area contributed by atoms with E-state index >= 15 is 0 Å². The Bertz CT molecular complexity index is 535. The number of aromatic nitrogens is 1. The highest BCUT2D eigenvalue weighted by Crippen LogP contribution is 2.27. The molecule has 3 rings (SSSR count). The summed E-state index contributed by atoms with van der Waals surface area (Å²) < 4.78 is 5.45. The first kappa shape index (κ1) is 13.8. The quantitative estimate of drug-likeness (QED) is 0.940. The third-order valence-electron chi connectivity index (χ3n) is 3.96. The first-order valence-electron chi connectivity index (χ1n) is 7.23. The van der Waals surface area contributed by atoms with E-state index in [4.69, 9.17) is 10.3 Å². The third-order valence-corrected chi connectivity index (χ3v) is 4.84. The summed E-state index contributed by atoms with van der Waals surface area (Å²) in [5, 5.41) is 6.26. The molecule has 1 fully saturated rings. The fourth-order valence-corrected chi connectivity index (χ4v) is 3.61. The maximum absolute atomic E-state index is 6.11. The Kier molecular flexibility index (Phi) is 4.19. The van der Waals surface area contributed by atoms with Crippen molar-refractivity contribution < 1.29 is 4.52 Å². The normalized spacial score (nSPS) is 22.0. The second-order valence-electron chi connectivity index (χ2n) is 5.55. The number of nitrogens with zero attached hydrogens (tertiary/aromatic N) is 2. The fraction of sp³-hybridized carbons (Fsp3) is 0.533. The zero-order valence-electron chi connectivity index (χ0n) is 11.8. The summed E-state index contributed by atoms with van der Waals surface area (Å²) in [5.74, 6) is 0.865. The first-order chi connectivity index (χ1) is 9.74. The van der Waals surface area contributed by atoms with Crippen LogP contribution in [0.4, 0.5) is 0 Å². The Hall–Kier alpha value is -1.17. The summed E-state index contributed by atoms with van der Waals surface area (Å²) in [5.41, 5.74) is 7.11. The van der Waals surface area contributed by atoms with Gasteiger partial charge in [0.05, 0.1) is 10.6 Å². The van der Waals surface area contributed by atoms with Crippen molar-refractivity contribution in [3.8, 4) is 10.6 Å². The number of piperidine rings is 1. The van der Waals surface area contributed by atoms with Gasteiger partial charge in [-0.05, 0) is 37.8 Å². The van der Waals surface area contributed by atoms with Crippen LogP contribution < -0.4 is 5.73 Å². The lowest BCUT2D eigenvalue weighted by atomic mass is 9.97. The number of likely N-dealkylation sites (tertiary alicyclic amines) is 1. The van der Waals surface area contributed by atoms with Gasteiger partial charge in [-0.15, -0.1) is 11.3 Å². The lowest BCUT2D eigenvalue weighted by Crippen LogP contribution is -2.48. The van der Waals surface area contributed by atoms with Gasteiger partial charge in [-0.2, -0.15) is 0 Å². The average Bonchev–Trinajstić information content (AvgIpc) is 3.09. The second-order valence-corrected chi connectivity index (χ2v) is 6.50. The summed E-state index contributed by atoms with van der Waals surface area (Å²) >= 11 is 1.67. The van der Waals surface area contributed by atoms with Crippen molar-refractivity contribution in [1.82, 2.24) is 10.1 Å². The zero-order chi connectivity index (χ0) is 13.9. The van der Waals surface area contributed by atoms with E-state index in [-0.39, 0.29) is 6.04 Å². The van der Waals surface area contributed by atoms with Crippen LogP contribution in [-0.2, 0) is 6.54 Å². The SMILES string of the molecule is CC(N)C1CCCCN1Cc1cc(-c2cccs2)on1. The van der Waals surface area contributed by atoms with Crippen LogP contribution in [0.15, 0.2) is 28.1 Å². The van der Waals surface area contributed by atoms with E-state index in [1.54, 1.807) is 11.3 Å². The molecule has 0 amide bonds. The highest BCUT2D eigenvalue weighted by atomic mass is 32.1. The summed E-state index contributed by atoms with van der Waals surface area (Å²) in [7, 11) is 0. The van der Waals surface area contributed by atoms with Crippen LogP contribution in [0.25, 0.3) is 10.6 Å². The van der Waals surface area contributed by atoms with E-state index in [9.17, 15) is 0 Å². The number of thiophene rings is 1. The molecule has 3 heterocycles. The van der Waals surface area contributed by atoms with E-state index in [2.05, 4.69) is 29.1 Å². The lowest BCUT2D eigenvalue weighted by Gasteiger charge is -2.37. The van der Waals surface area contributed by atoms with Crippen LogP contribution in [0, 0.1) is 0 Å². The molecule has 1 aliphatic heterocycles. The van der Waals surface area contributed by atoms with E-state index in [0.29, 0.717) is 6.04 Å². The molecular weight excluding hydrogens is 270 g/mol. The molecule has 0 radical (unpaired) electrons. The van der Waals surface area contributed by atoms with Gasteiger partial charge in [-0.25, -0.2) is 0 Å². The van der Waals surface area contributed by atoms with Crippen molar-refractivity contribution in [1.29, 1.82) is 0 Å². The maximum Gasteiger partial charge on any atom is 0.177 e. The maximum atomic E-state index is 6.11. The lowest BCUT2D eigenvalue weighted by molar-refractivity contribution is 0.120. The number of hydrogen-bond donors (Lipinski definition) is 1. The van der Waals surface area contributed by atoms with Crippen LogP contribution in [0.2, 0.25) is 0 Å². The number of hydrogen-bond acceptors (Lipinski definition) is 5. The molecule has 2 aromatic heterocycles. The molecule has 4 nitrogen and oxygen atoms in total. The van der Waals surface area contributed by atoms with Gasteiger partial charge in [0.15, 0.2) is 5.76 Å².